The zero-order chi connectivity index (χ0) is 12.2. The van der Waals surface area contributed by atoms with Gasteiger partial charge in [-0.25, -0.2) is 13.1 Å². The summed E-state index contributed by atoms with van der Waals surface area (Å²) in [5.74, 6) is 2.18. The molecule has 0 spiro atoms. The quantitative estimate of drug-likeness (QED) is 0.599. The van der Waals surface area contributed by atoms with Crippen molar-refractivity contribution in [3.63, 3.8) is 0 Å². The molecule has 16 heavy (non-hydrogen) atoms. The van der Waals surface area contributed by atoms with Gasteiger partial charge in [0.2, 0.25) is 10.0 Å². The topological polar surface area (TPSA) is 72.2 Å². The maximum Gasteiger partial charge on any atom is 0.216 e. The molecule has 1 rings (SSSR count). The number of hydrogen-bond acceptors (Lipinski definition) is 3. The van der Waals surface area contributed by atoms with Crippen molar-refractivity contribution < 1.29 is 8.42 Å². The first-order valence-electron chi connectivity index (χ1n) is 4.73. The Morgan fingerprint density at radius 2 is 2.25 bits per heavy atom. The second-order valence-electron chi connectivity index (χ2n) is 3.51. The van der Waals surface area contributed by atoms with E-state index in [0.29, 0.717) is 11.3 Å². The summed E-state index contributed by atoms with van der Waals surface area (Å²) in [7, 11) is -3.41. The zero-order valence-electron chi connectivity index (χ0n) is 8.97. The molecule has 1 atom stereocenters. The lowest BCUT2D eigenvalue weighted by atomic mass is 10.2. The second kappa shape index (κ2) is 5.01. The summed E-state index contributed by atoms with van der Waals surface area (Å²) < 4.78 is 25.6. The van der Waals surface area contributed by atoms with Crippen molar-refractivity contribution in [1.82, 2.24) is 4.72 Å². The maximum absolute atomic E-state index is 11.6. The van der Waals surface area contributed by atoms with Gasteiger partial charge in [-0.05, 0) is 24.6 Å². The van der Waals surface area contributed by atoms with Crippen LogP contribution in [0.15, 0.2) is 24.3 Å². The van der Waals surface area contributed by atoms with E-state index >= 15 is 0 Å². The molecule has 4 nitrogen and oxygen atoms in total. The van der Waals surface area contributed by atoms with E-state index in [1.807, 2.05) is 0 Å². The van der Waals surface area contributed by atoms with Gasteiger partial charge in [0.25, 0.3) is 0 Å². The highest BCUT2D eigenvalue weighted by molar-refractivity contribution is 7.88. The fourth-order valence-corrected chi connectivity index (χ4v) is 2.56. The molecule has 0 aliphatic carbocycles. The molecule has 0 saturated heterocycles. The number of sulfonamides is 1. The van der Waals surface area contributed by atoms with Gasteiger partial charge in [0.15, 0.2) is 0 Å². The monoisotopic (exact) mass is 238 g/mol. The SMILES string of the molecule is C#CC(C)NS(=O)(=O)Cc1cccc(N)c1. The minimum Gasteiger partial charge on any atom is -0.399 e. The molecule has 0 aromatic heterocycles. The van der Waals surface area contributed by atoms with Crippen LogP contribution in [0.2, 0.25) is 0 Å². The number of rotatable bonds is 4. The number of benzene rings is 1. The van der Waals surface area contributed by atoms with E-state index in [4.69, 9.17) is 12.2 Å². The summed E-state index contributed by atoms with van der Waals surface area (Å²) in [5, 5.41) is 0. The van der Waals surface area contributed by atoms with Gasteiger partial charge in [0.1, 0.15) is 0 Å². The van der Waals surface area contributed by atoms with Gasteiger partial charge in [-0.1, -0.05) is 18.1 Å². The Hall–Kier alpha value is -1.51. The van der Waals surface area contributed by atoms with Crippen molar-refractivity contribution in [3.05, 3.63) is 29.8 Å². The van der Waals surface area contributed by atoms with Crippen molar-refractivity contribution in [2.45, 2.75) is 18.7 Å². The van der Waals surface area contributed by atoms with Crippen LogP contribution >= 0.6 is 0 Å². The average Bonchev–Trinajstić information content (AvgIpc) is 2.15. The Morgan fingerprint density at radius 1 is 1.56 bits per heavy atom. The number of nitrogens with two attached hydrogens (primary N) is 1. The van der Waals surface area contributed by atoms with Crippen molar-refractivity contribution >= 4 is 15.7 Å². The molecule has 3 N–H and O–H groups in total. The van der Waals surface area contributed by atoms with Gasteiger partial charge in [-0.15, -0.1) is 6.42 Å². The maximum atomic E-state index is 11.6. The lowest BCUT2D eigenvalue weighted by Gasteiger charge is -2.09. The molecule has 1 unspecified atom stereocenters. The Bertz CT molecular complexity index is 503. The van der Waals surface area contributed by atoms with E-state index in [1.54, 1.807) is 31.2 Å². The van der Waals surface area contributed by atoms with Gasteiger partial charge in [-0.3, -0.25) is 0 Å². The highest BCUT2D eigenvalue weighted by Gasteiger charge is 2.13. The van der Waals surface area contributed by atoms with E-state index in [2.05, 4.69) is 10.6 Å². The van der Waals surface area contributed by atoms with E-state index in [1.165, 1.54) is 0 Å². The first-order chi connectivity index (χ1) is 7.43. The number of nitrogens with one attached hydrogen (secondary N) is 1. The normalized spacial score (nSPS) is 13.0. The third-order valence-corrected chi connectivity index (χ3v) is 3.34. The fourth-order valence-electron chi connectivity index (χ4n) is 1.25. The zero-order valence-corrected chi connectivity index (χ0v) is 9.79. The predicted octanol–water partition coefficient (Wildman–Crippen LogP) is 0.710. The first-order valence-corrected chi connectivity index (χ1v) is 6.39. The first kappa shape index (κ1) is 12.6. The summed E-state index contributed by atoms with van der Waals surface area (Å²) in [6.07, 6.45) is 5.10. The number of hydrogen-bond donors (Lipinski definition) is 2. The molecule has 86 valence electrons. The Morgan fingerprint density at radius 3 is 2.81 bits per heavy atom. The Balaban J connectivity index is 2.78. The van der Waals surface area contributed by atoms with Gasteiger partial charge in [-0.2, -0.15) is 0 Å². The van der Waals surface area contributed by atoms with Gasteiger partial charge in [0.05, 0.1) is 11.8 Å². The average molecular weight is 238 g/mol. The molecular formula is C11H14N2O2S. The van der Waals surface area contributed by atoms with Gasteiger partial charge < -0.3 is 5.73 Å². The third kappa shape index (κ3) is 3.93. The van der Waals surface area contributed by atoms with Crippen molar-refractivity contribution in [3.8, 4) is 12.3 Å². The minimum absolute atomic E-state index is 0.121. The number of nitrogen functional groups attached to an aromatic ring is 1. The van der Waals surface area contributed by atoms with Crippen LogP contribution in [0.4, 0.5) is 5.69 Å². The number of anilines is 1. The van der Waals surface area contributed by atoms with Crippen LogP contribution < -0.4 is 10.5 Å². The van der Waals surface area contributed by atoms with E-state index in [-0.39, 0.29) is 5.75 Å². The summed E-state index contributed by atoms with van der Waals surface area (Å²) in [6.45, 7) is 1.61. The van der Waals surface area contributed by atoms with E-state index in [0.717, 1.165) is 0 Å². The smallest absolute Gasteiger partial charge is 0.216 e. The molecule has 0 amide bonds. The van der Waals surface area contributed by atoms with Gasteiger partial charge in [0, 0.05) is 5.69 Å². The summed E-state index contributed by atoms with van der Waals surface area (Å²) in [4.78, 5) is 0. The molecule has 0 aliphatic rings. The van der Waals surface area contributed by atoms with Crippen LogP contribution in [0.1, 0.15) is 12.5 Å². The predicted molar refractivity (Wildman–Crippen MR) is 64.9 cm³/mol. The molecule has 0 fully saturated rings. The van der Waals surface area contributed by atoms with E-state index < -0.39 is 16.1 Å². The van der Waals surface area contributed by atoms with Crippen LogP contribution in [-0.4, -0.2) is 14.5 Å². The molecular weight excluding hydrogens is 224 g/mol. The highest BCUT2D eigenvalue weighted by Crippen LogP contribution is 2.09. The Labute approximate surface area is 95.9 Å². The standard InChI is InChI=1S/C11H14N2O2S/c1-3-9(2)13-16(14,15)8-10-5-4-6-11(12)7-10/h1,4-7,9,13H,8,12H2,2H3. The summed E-state index contributed by atoms with van der Waals surface area (Å²) in [5.41, 5.74) is 6.73. The molecule has 1 aromatic rings. The molecule has 1 aromatic carbocycles. The van der Waals surface area contributed by atoms with Crippen LogP contribution in [0.25, 0.3) is 0 Å². The van der Waals surface area contributed by atoms with Crippen LogP contribution in [-0.2, 0) is 15.8 Å². The molecule has 5 heteroatoms. The minimum atomic E-state index is -3.41. The van der Waals surface area contributed by atoms with Crippen LogP contribution in [0.5, 0.6) is 0 Å². The van der Waals surface area contributed by atoms with Crippen molar-refractivity contribution in [2.75, 3.05) is 5.73 Å². The third-order valence-electron chi connectivity index (χ3n) is 1.91. The van der Waals surface area contributed by atoms with Crippen LogP contribution in [0, 0.1) is 12.3 Å². The summed E-state index contributed by atoms with van der Waals surface area (Å²) in [6, 6.07) is 6.24. The largest absolute Gasteiger partial charge is 0.399 e. The number of terminal acetylenes is 1. The van der Waals surface area contributed by atoms with Crippen molar-refractivity contribution in [1.29, 1.82) is 0 Å². The summed E-state index contributed by atoms with van der Waals surface area (Å²) >= 11 is 0. The van der Waals surface area contributed by atoms with Crippen LogP contribution in [0.3, 0.4) is 0 Å². The van der Waals surface area contributed by atoms with Crippen molar-refractivity contribution in [2.24, 2.45) is 0 Å². The Kier molecular flexibility index (Phi) is 3.93. The highest BCUT2D eigenvalue weighted by atomic mass is 32.2. The molecule has 0 saturated carbocycles. The lowest BCUT2D eigenvalue weighted by molar-refractivity contribution is 0.577. The molecule has 0 radical (unpaired) electrons. The van der Waals surface area contributed by atoms with Gasteiger partial charge >= 0.3 is 0 Å². The molecule has 0 bridgehead atoms. The molecule has 0 heterocycles. The molecule has 0 aliphatic heterocycles. The lowest BCUT2D eigenvalue weighted by Crippen LogP contribution is -2.32. The van der Waals surface area contributed by atoms with E-state index in [9.17, 15) is 8.42 Å². The second-order valence-corrected chi connectivity index (χ2v) is 5.26. The fraction of sp³-hybridized carbons (Fsp3) is 0.273.